The highest BCUT2D eigenvalue weighted by molar-refractivity contribution is 9.10. The van der Waals surface area contributed by atoms with Crippen LogP contribution in [0.2, 0.25) is 0 Å². The number of rotatable bonds is 3. The lowest BCUT2D eigenvalue weighted by molar-refractivity contribution is -0.135. The number of carbonyl (C=O) groups excluding carboxylic acids is 1. The highest BCUT2D eigenvalue weighted by atomic mass is 79.9. The van der Waals surface area contributed by atoms with E-state index in [1.807, 2.05) is 0 Å². The standard InChI is InChI=1S/C15H20BrNO/c1-2-5-15(18)17-11-4-3-6-14(17)12-7-9-13(16)10-8-12/h7-10,14H,2-6,11H2,1H3. The molecule has 0 aliphatic carbocycles. The summed E-state index contributed by atoms with van der Waals surface area (Å²) in [5.41, 5.74) is 1.27. The first kappa shape index (κ1) is 13.6. The molecule has 98 valence electrons. The van der Waals surface area contributed by atoms with E-state index < -0.39 is 0 Å². The van der Waals surface area contributed by atoms with Crippen molar-refractivity contribution < 1.29 is 4.79 Å². The molecule has 1 amide bonds. The summed E-state index contributed by atoms with van der Waals surface area (Å²) in [6.07, 6.45) is 5.06. The number of piperidine rings is 1. The van der Waals surface area contributed by atoms with Gasteiger partial charge in [0.25, 0.3) is 0 Å². The minimum atomic E-state index is 0.283. The van der Waals surface area contributed by atoms with Crippen molar-refractivity contribution in [3.05, 3.63) is 34.3 Å². The maximum atomic E-state index is 12.2. The number of likely N-dealkylation sites (tertiary alicyclic amines) is 1. The van der Waals surface area contributed by atoms with Gasteiger partial charge < -0.3 is 4.90 Å². The zero-order chi connectivity index (χ0) is 13.0. The lowest BCUT2D eigenvalue weighted by Crippen LogP contribution is -2.38. The summed E-state index contributed by atoms with van der Waals surface area (Å²) in [6.45, 7) is 2.98. The molecule has 1 aliphatic rings. The normalized spacial score (nSPS) is 19.9. The molecular formula is C15H20BrNO. The van der Waals surface area contributed by atoms with Gasteiger partial charge in [0, 0.05) is 17.4 Å². The summed E-state index contributed by atoms with van der Waals surface area (Å²) >= 11 is 3.46. The highest BCUT2D eigenvalue weighted by Crippen LogP contribution is 2.32. The molecule has 1 fully saturated rings. The first-order chi connectivity index (χ1) is 8.72. The maximum Gasteiger partial charge on any atom is 0.223 e. The molecule has 1 aromatic carbocycles. The van der Waals surface area contributed by atoms with Gasteiger partial charge >= 0.3 is 0 Å². The molecule has 2 rings (SSSR count). The monoisotopic (exact) mass is 309 g/mol. The molecule has 1 aliphatic heterocycles. The fraction of sp³-hybridized carbons (Fsp3) is 0.533. The summed E-state index contributed by atoms with van der Waals surface area (Å²) in [7, 11) is 0. The van der Waals surface area contributed by atoms with E-state index in [1.54, 1.807) is 0 Å². The third kappa shape index (κ3) is 3.14. The van der Waals surface area contributed by atoms with Crippen molar-refractivity contribution in [3.8, 4) is 0 Å². The van der Waals surface area contributed by atoms with Crippen LogP contribution < -0.4 is 0 Å². The first-order valence-electron chi connectivity index (χ1n) is 6.77. The molecular weight excluding hydrogens is 290 g/mol. The molecule has 0 bridgehead atoms. The van der Waals surface area contributed by atoms with Crippen molar-refractivity contribution in [1.29, 1.82) is 0 Å². The van der Waals surface area contributed by atoms with Gasteiger partial charge in [-0.25, -0.2) is 0 Å². The first-order valence-corrected chi connectivity index (χ1v) is 7.56. The predicted octanol–water partition coefficient (Wildman–Crippen LogP) is 4.30. The summed E-state index contributed by atoms with van der Waals surface area (Å²) < 4.78 is 1.09. The van der Waals surface area contributed by atoms with E-state index in [-0.39, 0.29) is 6.04 Å². The Balaban J connectivity index is 2.17. The minimum Gasteiger partial charge on any atom is -0.336 e. The van der Waals surface area contributed by atoms with Crippen LogP contribution in [-0.2, 0) is 4.79 Å². The molecule has 0 aromatic heterocycles. The zero-order valence-electron chi connectivity index (χ0n) is 10.9. The Kier molecular flexibility index (Phi) is 4.81. The number of nitrogens with zero attached hydrogens (tertiary/aromatic N) is 1. The van der Waals surface area contributed by atoms with Gasteiger partial charge in [-0.3, -0.25) is 4.79 Å². The van der Waals surface area contributed by atoms with E-state index in [1.165, 1.54) is 12.0 Å². The van der Waals surface area contributed by atoms with E-state index in [4.69, 9.17) is 0 Å². The van der Waals surface area contributed by atoms with Crippen LogP contribution in [-0.4, -0.2) is 17.4 Å². The van der Waals surface area contributed by atoms with E-state index in [0.29, 0.717) is 12.3 Å². The summed E-state index contributed by atoms with van der Waals surface area (Å²) in [4.78, 5) is 14.2. The minimum absolute atomic E-state index is 0.283. The average molecular weight is 310 g/mol. The molecule has 0 saturated carbocycles. The molecule has 1 aromatic rings. The Morgan fingerprint density at radius 2 is 2.06 bits per heavy atom. The SMILES string of the molecule is CCCC(=O)N1CCCCC1c1ccc(Br)cc1. The molecule has 2 nitrogen and oxygen atoms in total. The number of amides is 1. The topological polar surface area (TPSA) is 20.3 Å². The highest BCUT2D eigenvalue weighted by Gasteiger charge is 2.27. The van der Waals surface area contributed by atoms with Crippen LogP contribution in [0, 0.1) is 0 Å². The number of carbonyl (C=O) groups is 1. The number of halogens is 1. The fourth-order valence-corrected chi connectivity index (χ4v) is 2.88. The van der Waals surface area contributed by atoms with Crippen LogP contribution >= 0.6 is 15.9 Å². The second-order valence-corrected chi connectivity index (χ2v) is 5.82. The van der Waals surface area contributed by atoms with Crippen molar-refractivity contribution in [2.45, 2.75) is 45.1 Å². The number of benzene rings is 1. The van der Waals surface area contributed by atoms with Gasteiger partial charge in [0.05, 0.1) is 6.04 Å². The second-order valence-electron chi connectivity index (χ2n) is 4.90. The van der Waals surface area contributed by atoms with Crippen molar-refractivity contribution in [2.75, 3.05) is 6.54 Å². The van der Waals surface area contributed by atoms with Crippen molar-refractivity contribution in [2.24, 2.45) is 0 Å². The smallest absolute Gasteiger partial charge is 0.223 e. The Hall–Kier alpha value is -0.830. The molecule has 1 unspecified atom stereocenters. The van der Waals surface area contributed by atoms with Crippen molar-refractivity contribution in [3.63, 3.8) is 0 Å². The summed E-state index contributed by atoms with van der Waals surface area (Å²) in [6, 6.07) is 8.67. The van der Waals surface area contributed by atoms with Crippen LogP contribution in [0.4, 0.5) is 0 Å². The van der Waals surface area contributed by atoms with Gasteiger partial charge in [0.15, 0.2) is 0 Å². The number of hydrogen-bond acceptors (Lipinski definition) is 1. The van der Waals surface area contributed by atoms with Crippen molar-refractivity contribution in [1.82, 2.24) is 4.90 Å². The Morgan fingerprint density at radius 1 is 1.33 bits per heavy atom. The molecule has 0 spiro atoms. The van der Waals surface area contributed by atoms with Crippen LogP contribution in [0.15, 0.2) is 28.7 Å². The third-order valence-corrected chi connectivity index (χ3v) is 4.07. The Labute approximate surface area is 117 Å². The Morgan fingerprint density at radius 3 is 2.72 bits per heavy atom. The molecule has 18 heavy (non-hydrogen) atoms. The van der Waals surface area contributed by atoms with Crippen LogP contribution in [0.3, 0.4) is 0 Å². The summed E-state index contributed by atoms with van der Waals surface area (Å²) in [5.74, 6) is 0.310. The molecule has 0 N–H and O–H groups in total. The zero-order valence-corrected chi connectivity index (χ0v) is 12.4. The quantitative estimate of drug-likeness (QED) is 0.815. The predicted molar refractivity (Wildman–Crippen MR) is 77.4 cm³/mol. The lowest BCUT2D eigenvalue weighted by atomic mass is 9.95. The molecule has 1 heterocycles. The van der Waals surface area contributed by atoms with Gasteiger partial charge in [-0.1, -0.05) is 35.0 Å². The van der Waals surface area contributed by atoms with Crippen LogP contribution in [0.5, 0.6) is 0 Å². The molecule has 0 radical (unpaired) electrons. The van der Waals surface area contributed by atoms with Crippen LogP contribution in [0.1, 0.15) is 50.6 Å². The molecule has 1 atom stereocenters. The van der Waals surface area contributed by atoms with E-state index in [0.717, 1.165) is 30.3 Å². The van der Waals surface area contributed by atoms with E-state index in [2.05, 4.69) is 52.0 Å². The largest absolute Gasteiger partial charge is 0.336 e. The van der Waals surface area contributed by atoms with Gasteiger partial charge in [0.2, 0.25) is 5.91 Å². The van der Waals surface area contributed by atoms with E-state index in [9.17, 15) is 4.79 Å². The third-order valence-electron chi connectivity index (χ3n) is 3.54. The van der Waals surface area contributed by atoms with Crippen molar-refractivity contribution >= 4 is 21.8 Å². The maximum absolute atomic E-state index is 12.2. The van der Waals surface area contributed by atoms with Gasteiger partial charge in [-0.15, -0.1) is 0 Å². The fourth-order valence-electron chi connectivity index (χ4n) is 2.62. The van der Waals surface area contributed by atoms with Gasteiger partial charge in [0.1, 0.15) is 0 Å². The molecule has 3 heteroatoms. The van der Waals surface area contributed by atoms with Crippen LogP contribution in [0.25, 0.3) is 0 Å². The Bertz CT molecular complexity index is 401. The van der Waals surface area contributed by atoms with E-state index >= 15 is 0 Å². The van der Waals surface area contributed by atoms with Gasteiger partial charge in [-0.2, -0.15) is 0 Å². The molecule has 1 saturated heterocycles. The second kappa shape index (κ2) is 6.37. The summed E-state index contributed by atoms with van der Waals surface area (Å²) in [5, 5.41) is 0. The number of hydrogen-bond donors (Lipinski definition) is 0. The van der Waals surface area contributed by atoms with Gasteiger partial charge in [-0.05, 0) is 43.4 Å². The lowest BCUT2D eigenvalue weighted by Gasteiger charge is -2.36. The average Bonchev–Trinajstić information content (AvgIpc) is 2.40.